The summed E-state index contributed by atoms with van der Waals surface area (Å²) in [5.74, 6) is -0.927. The molecule has 4 heteroatoms. The summed E-state index contributed by atoms with van der Waals surface area (Å²) in [6, 6.07) is 0.731. The first-order valence-electron chi connectivity index (χ1n) is 12.4. The molecule has 0 aromatic heterocycles. The molecule has 3 nitrogen and oxygen atoms in total. The van der Waals surface area contributed by atoms with Crippen LogP contribution in [0.3, 0.4) is 0 Å². The standard InChI is InChI=1S/C26H49NO2.K/c1-5-9-11-13-15-17-21-24(19-7-3)27(23-26(28)29)25(20-8-4)22-18-16-14-12-10-6-2;/h9-12,24-25H,5-8,13-23H2,1-4H3,(H,28,29);/q;+1/p-1/b11-9+,12-10+;. The van der Waals surface area contributed by atoms with Crippen LogP contribution in [-0.2, 0) is 4.79 Å². The Bertz CT molecular complexity index is 405. The van der Waals surface area contributed by atoms with E-state index in [1.165, 1.54) is 25.7 Å². The minimum absolute atomic E-state index is 0. The molecule has 0 saturated carbocycles. The van der Waals surface area contributed by atoms with Crippen molar-refractivity contribution in [1.82, 2.24) is 4.90 Å². The monoisotopic (exact) mass is 445 g/mol. The van der Waals surface area contributed by atoms with Crippen LogP contribution in [0.2, 0.25) is 0 Å². The molecule has 170 valence electrons. The normalized spacial score (nSPS) is 13.8. The van der Waals surface area contributed by atoms with Crippen LogP contribution >= 0.6 is 0 Å². The molecule has 30 heavy (non-hydrogen) atoms. The second-order valence-corrected chi connectivity index (χ2v) is 8.26. The van der Waals surface area contributed by atoms with E-state index in [9.17, 15) is 9.90 Å². The van der Waals surface area contributed by atoms with Crippen LogP contribution in [0.4, 0.5) is 0 Å². The number of carboxylic acids is 1. The largest absolute Gasteiger partial charge is 1.00 e. The molecule has 0 aromatic rings. The summed E-state index contributed by atoms with van der Waals surface area (Å²) in [5, 5.41) is 11.6. The number of carbonyl (C=O) groups excluding carboxylic acids is 1. The second kappa shape index (κ2) is 24.2. The first-order chi connectivity index (χ1) is 14.1. The Morgan fingerprint density at radius 3 is 1.50 bits per heavy atom. The Morgan fingerprint density at radius 2 is 1.17 bits per heavy atom. The maximum Gasteiger partial charge on any atom is 1.00 e. The Morgan fingerprint density at radius 1 is 0.733 bits per heavy atom. The van der Waals surface area contributed by atoms with Crippen molar-refractivity contribution >= 4 is 5.97 Å². The quantitative estimate of drug-likeness (QED) is 0.164. The van der Waals surface area contributed by atoms with E-state index in [2.05, 4.69) is 56.9 Å². The number of carboxylic acid groups (broad SMARTS) is 1. The van der Waals surface area contributed by atoms with Gasteiger partial charge < -0.3 is 9.90 Å². The molecule has 0 radical (unpaired) electrons. The van der Waals surface area contributed by atoms with E-state index in [1.54, 1.807) is 0 Å². The van der Waals surface area contributed by atoms with Crippen LogP contribution in [0.1, 0.15) is 118 Å². The molecular formula is C26H48KNO2. The molecule has 0 amide bonds. The Balaban J connectivity index is 0. The Labute approximate surface area is 230 Å². The average Bonchev–Trinajstić information content (AvgIpc) is 2.69. The maximum atomic E-state index is 11.6. The van der Waals surface area contributed by atoms with Gasteiger partial charge in [-0.3, -0.25) is 4.90 Å². The molecule has 2 unspecified atom stereocenters. The zero-order valence-electron chi connectivity index (χ0n) is 20.8. The third-order valence-electron chi connectivity index (χ3n) is 5.61. The third-order valence-corrected chi connectivity index (χ3v) is 5.61. The van der Waals surface area contributed by atoms with Gasteiger partial charge in [0.05, 0.1) is 5.97 Å². The first-order valence-corrected chi connectivity index (χ1v) is 12.4. The van der Waals surface area contributed by atoms with Crippen LogP contribution in [0.15, 0.2) is 24.3 Å². The van der Waals surface area contributed by atoms with Crippen LogP contribution in [0, 0.1) is 0 Å². The summed E-state index contributed by atoms with van der Waals surface area (Å²) in [5.41, 5.74) is 0. The summed E-state index contributed by atoms with van der Waals surface area (Å²) in [4.78, 5) is 13.9. The van der Waals surface area contributed by atoms with Crippen molar-refractivity contribution in [2.45, 2.75) is 130 Å². The zero-order valence-corrected chi connectivity index (χ0v) is 24.0. The fourth-order valence-corrected chi connectivity index (χ4v) is 4.18. The molecule has 0 heterocycles. The fraction of sp³-hybridized carbons (Fsp3) is 0.808. The number of aliphatic carboxylic acids is 1. The number of hydrogen-bond acceptors (Lipinski definition) is 3. The number of carbonyl (C=O) groups is 1. The van der Waals surface area contributed by atoms with Crippen LogP contribution < -0.4 is 56.5 Å². The van der Waals surface area contributed by atoms with E-state index in [4.69, 9.17) is 0 Å². The Hall–Kier alpha value is 0.546. The van der Waals surface area contributed by atoms with Gasteiger partial charge in [0.25, 0.3) is 0 Å². The van der Waals surface area contributed by atoms with Gasteiger partial charge in [0.15, 0.2) is 0 Å². The van der Waals surface area contributed by atoms with Gasteiger partial charge in [-0.25, -0.2) is 0 Å². The van der Waals surface area contributed by atoms with Gasteiger partial charge in [0.2, 0.25) is 0 Å². The van der Waals surface area contributed by atoms with E-state index in [-0.39, 0.29) is 57.9 Å². The molecule has 0 fully saturated rings. The molecule has 0 aromatic carbocycles. The van der Waals surface area contributed by atoms with Gasteiger partial charge in [-0.2, -0.15) is 0 Å². The van der Waals surface area contributed by atoms with E-state index in [1.807, 2.05) is 0 Å². The minimum Gasteiger partial charge on any atom is -0.549 e. The van der Waals surface area contributed by atoms with Crippen molar-refractivity contribution in [1.29, 1.82) is 0 Å². The molecule has 0 spiro atoms. The van der Waals surface area contributed by atoms with Crippen molar-refractivity contribution in [3.63, 3.8) is 0 Å². The summed E-state index contributed by atoms with van der Waals surface area (Å²) in [7, 11) is 0. The number of hydrogen-bond donors (Lipinski definition) is 0. The van der Waals surface area contributed by atoms with Crippen molar-refractivity contribution in [2.24, 2.45) is 0 Å². The van der Waals surface area contributed by atoms with Gasteiger partial charge in [0.1, 0.15) is 0 Å². The van der Waals surface area contributed by atoms with Gasteiger partial charge in [-0.05, 0) is 64.2 Å². The number of unbranched alkanes of at least 4 members (excludes halogenated alkanes) is 4. The third kappa shape index (κ3) is 18.1. The first kappa shape index (κ1) is 32.7. The summed E-state index contributed by atoms with van der Waals surface area (Å²) < 4.78 is 0. The maximum absolute atomic E-state index is 11.6. The summed E-state index contributed by atoms with van der Waals surface area (Å²) in [6.45, 7) is 8.84. The molecular weight excluding hydrogens is 397 g/mol. The predicted molar refractivity (Wildman–Crippen MR) is 125 cm³/mol. The van der Waals surface area contributed by atoms with Crippen molar-refractivity contribution in [2.75, 3.05) is 6.54 Å². The van der Waals surface area contributed by atoms with Crippen molar-refractivity contribution in [3.8, 4) is 0 Å². The van der Waals surface area contributed by atoms with Crippen LogP contribution in [0.5, 0.6) is 0 Å². The number of allylic oxidation sites excluding steroid dienone is 4. The topological polar surface area (TPSA) is 43.4 Å². The molecule has 2 atom stereocenters. The van der Waals surface area contributed by atoms with Crippen molar-refractivity contribution < 1.29 is 61.3 Å². The van der Waals surface area contributed by atoms with E-state index in [0.717, 1.165) is 64.2 Å². The molecule has 0 aliphatic heterocycles. The van der Waals surface area contributed by atoms with Gasteiger partial charge in [0, 0.05) is 18.6 Å². The SMILES string of the molecule is CC/C=C/CCCCC(CCC)N(CC(=O)[O-])C(CCC)CCCC/C=C/CC.[K+]. The second-order valence-electron chi connectivity index (χ2n) is 8.26. The number of nitrogens with zero attached hydrogens (tertiary/aromatic N) is 1. The molecule has 0 bridgehead atoms. The van der Waals surface area contributed by atoms with Crippen LogP contribution in [0.25, 0.3) is 0 Å². The zero-order chi connectivity index (χ0) is 21.7. The smallest absolute Gasteiger partial charge is 0.549 e. The van der Waals surface area contributed by atoms with E-state index >= 15 is 0 Å². The van der Waals surface area contributed by atoms with Crippen LogP contribution in [-0.4, -0.2) is 29.5 Å². The predicted octanol–water partition coefficient (Wildman–Crippen LogP) is 3.43. The van der Waals surface area contributed by atoms with Gasteiger partial charge in [-0.1, -0.05) is 77.7 Å². The molecule has 0 N–H and O–H groups in total. The van der Waals surface area contributed by atoms with Gasteiger partial charge >= 0.3 is 51.4 Å². The fourth-order valence-electron chi connectivity index (χ4n) is 4.18. The number of rotatable bonds is 20. The average molecular weight is 446 g/mol. The van der Waals surface area contributed by atoms with Gasteiger partial charge in [-0.15, -0.1) is 0 Å². The van der Waals surface area contributed by atoms with Crippen molar-refractivity contribution in [3.05, 3.63) is 24.3 Å². The minimum atomic E-state index is -0.927. The van der Waals surface area contributed by atoms with E-state index < -0.39 is 5.97 Å². The molecule has 0 rings (SSSR count). The Kier molecular flexibility index (Phi) is 26.4. The van der Waals surface area contributed by atoms with E-state index in [0.29, 0.717) is 12.1 Å². The molecule has 0 aliphatic carbocycles. The summed E-state index contributed by atoms with van der Waals surface area (Å²) >= 11 is 0. The molecule has 0 aliphatic rings. The molecule has 0 saturated heterocycles. The summed E-state index contributed by atoms with van der Waals surface area (Å²) in [6.07, 6.45) is 24.8.